The average molecular weight is 432 g/mol. The van der Waals surface area contributed by atoms with Crippen LogP contribution < -0.4 is 10.2 Å². The molecule has 0 unspecified atom stereocenters. The first-order valence-electron chi connectivity index (χ1n) is 11.3. The lowest BCUT2D eigenvalue weighted by molar-refractivity contribution is 0.122. The number of H-pyrrole nitrogens is 1. The quantitative estimate of drug-likeness (QED) is 0.446. The van der Waals surface area contributed by atoms with Gasteiger partial charge in [-0.1, -0.05) is 25.1 Å². The van der Waals surface area contributed by atoms with Crippen LogP contribution in [0.3, 0.4) is 0 Å². The molecule has 1 atom stereocenters. The molecule has 4 aromatic rings. The second kappa shape index (κ2) is 9.50. The summed E-state index contributed by atoms with van der Waals surface area (Å²) in [4.78, 5) is 5.69. The molecule has 1 aliphatic heterocycles. The normalized spacial score (nSPS) is 15.3. The summed E-state index contributed by atoms with van der Waals surface area (Å²) in [6.45, 7) is 6.41. The minimum Gasteiger partial charge on any atom is -0.378 e. The Morgan fingerprint density at radius 3 is 2.66 bits per heavy atom. The van der Waals surface area contributed by atoms with E-state index in [0.29, 0.717) is 0 Å². The maximum absolute atomic E-state index is 5.45. The van der Waals surface area contributed by atoms with Crippen molar-refractivity contribution in [2.75, 3.05) is 37.7 Å². The number of benzene rings is 2. The standard InChI is InChI=1S/C24H29N7O/c1-2-22(25-12-11-18-17-26-23-6-4-3-5-21(18)23)24-27-28-29-31(24)20-9-7-19(8-10-20)30-13-15-32-16-14-30/h3-10,17,22,25-26H,2,11-16H2,1H3/t22-/m0/s1. The Bertz CT molecular complexity index is 1140. The molecule has 32 heavy (non-hydrogen) atoms. The predicted octanol–water partition coefficient (Wildman–Crippen LogP) is 3.26. The van der Waals surface area contributed by atoms with Crippen LogP contribution in [0.25, 0.3) is 16.6 Å². The number of morpholine rings is 1. The molecule has 3 heterocycles. The van der Waals surface area contributed by atoms with E-state index in [9.17, 15) is 0 Å². The van der Waals surface area contributed by atoms with Crippen LogP contribution in [0.4, 0.5) is 5.69 Å². The van der Waals surface area contributed by atoms with E-state index in [1.165, 1.54) is 22.2 Å². The molecule has 8 nitrogen and oxygen atoms in total. The van der Waals surface area contributed by atoms with Gasteiger partial charge in [-0.25, -0.2) is 0 Å². The van der Waals surface area contributed by atoms with Crippen molar-refractivity contribution in [2.24, 2.45) is 0 Å². The van der Waals surface area contributed by atoms with Gasteiger partial charge in [-0.15, -0.1) is 5.10 Å². The molecular weight excluding hydrogens is 402 g/mol. The fourth-order valence-electron chi connectivity index (χ4n) is 4.36. The van der Waals surface area contributed by atoms with Crippen molar-refractivity contribution in [2.45, 2.75) is 25.8 Å². The molecule has 1 saturated heterocycles. The maximum Gasteiger partial charge on any atom is 0.173 e. The number of ether oxygens (including phenoxy) is 1. The van der Waals surface area contributed by atoms with Gasteiger partial charge in [0.15, 0.2) is 5.82 Å². The molecule has 0 saturated carbocycles. The largest absolute Gasteiger partial charge is 0.378 e. The van der Waals surface area contributed by atoms with Gasteiger partial charge in [-0.05, 0) is 65.7 Å². The van der Waals surface area contributed by atoms with Gasteiger partial charge in [0.2, 0.25) is 0 Å². The molecular formula is C24H29N7O. The smallest absolute Gasteiger partial charge is 0.173 e. The number of rotatable bonds is 8. The Hall–Kier alpha value is -3.23. The highest BCUT2D eigenvalue weighted by atomic mass is 16.5. The molecule has 1 aliphatic rings. The van der Waals surface area contributed by atoms with Crippen LogP contribution in [0, 0.1) is 0 Å². The topological polar surface area (TPSA) is 83.9 Å². The molecule has 0 bridgehead atoms. The lowest BCUT2D eigenvalue weighted by atomic mass is 10.1. The number of nitrogens with one attached hydrogen (secondary N) is 2. The lowest BCUT2D eigenvalue weighted by Gasteiger charge is -2.28. The van der Waals surface area contributed by atoms with Crippen molar-refractivity contribution in [3.8, 4) is 5.69 Å². The van der Waals surface area contributed by atoms with Crippen LogP contribution in [0.2, 0.25) is 0 Å². The zero-order valence-corrected chi connectivity index (χ0v) is 18.4. The highest BCUT2D eigenvalue weighted by Crippen LogP contribution is 2.22. The zero-order valence-electron chi connectivity index (χ0n) is 18.4. The van der Waals surface area contributed by atoms with E-state index in [1.54, 1.807) is 0 Å². The van der Waals surface area contributed by atoms with E-state index >= 15 is 0 Å². The first-order valence-corrected chi connectivity index (χ1v) is 11.3. The Balaban J connectivity index is 1.27. The molecule has 0 radical (unpaired) electrons. The molecule has 0 aliphatic carbocycles. The molecule has 0 spiro atoms. The van der Waals surface area contributed by atoms with Crippen LogP contribution >= 0.6 is 0 Å². The van der Waals surface area contributed by atoms with Crippen molar-refractivity contribution < 1.29 is 4.74 Å². The number of hydrogen-bond acceptors (Lipinski definition) is 6. The van der Waals surface area contributed by atoms with Crippen LogP contribution in [-0.4, -0.2) is 58.0 Å². The molecule has 166 valence electrons. The summed E-state index contributed by atoms with van der Waals surface area (Å²) in [5.41, 5.74) is 4.68. The van der Waals surface area contributed by atoms with E-state index in [1.807, 2.05) is 4.68 Å². The predicted molar refractivity (Wildman–Crippen MR) is 125 cm³/mol. The van der Waals surface area contributed by atoms with Crippen molar-refractivity contribution in [1.82, 2.24) is 30.5 Å². The van der Waals surface area contributed by atoms with Gasteiger partial charge in [0.05, 0.1) is 24.9 Å². The van der Waals surface area contributed by atoms with Crippen molar-refractivity contribution >= 4 is 16.6 Å². The summed E-state index contributed by atoms with van der Waals surface area (Å²) in [7, 11) is 0. The number of anilines is 1. The zero-order chi connectivity index (χ0) is 21.8. The van der Waals surface area contributed by atoms with E-state index in [-0.39, 0.29) is 6.04 Å². The summed E-state index contributed by atoms with van der Waals surface area (Å²) >= 11 is 0. The molecule has 0 amide bonds. The summed E-state index contributed by atoms with van der Waals surface area (Å²) < 4.78 is 7.30. The van der Waals surface area contributed by atoms with E-state index in [2.05, 4.69) is 92.4 Å². The maximum atomic E-state index is 5.45. The van der Waals surface area contributed by atoms with E-state index < -0.39 is 0 Å². The SMILES string of the molecule is CC[C@H](NCCc1c[nH]c2ccccc12)c1nnnn1-c1ccc(N2CCOCC2)cc1. The Labute approximate surface area is 187 Å². The molecule has 1 fully saturated rings. The van der Waals surface area contributed by atoms with Gasteiger partial charge in [0.25, 0.3) is 0 Å². The number of tetrazole rings is 1. The summed E-state index contributed by atoms with van der Waals surface area (Å²) in [5, 5.41) is 17.5. The second-order valence-corrected chi connectivity index (χ2v) is 8.09. The number of aromatic nitrogens is 5. The van der Waals surface area contributed by atoms with Gasteiger partial charge >= 0.3 is 0 Å². The molecule has 2 N–H and O–H groups in total. The molecule has 5 rings (SSSR count). The van der Waals surface area contributed by atoms with Crippen molar-refractivity contribution in [1.29, 1.82) is 0 Å². The first kappa shape index (κ1) is 20.7. The number of nitrogens with zero attached hydrogens (tertiary/aromatic N) is 5. The van der Waals surface area contributed by atoms with Crippen LogP contribution in [0.1, 0.15) is 30.8 Å². The Kier molecular flexibility index (Phi) is 6.13. The third kappa shape index (κ3) is 4.24. The average Bonchev–Trinajstić information content (AvgIpc) is 3.50. The number of aromatic amines is 1. The van der Waals surface area contributed by atoms with Gasteiger partial charge in [-0.3, -0.25) is 0 Å². The minimum atomic E-state index is 0.0779. The third-order valence-electron chi connectivity index (χ3n) is 6.14. The van der Waals surface area contributed by atoms with Gasteiger partial charge in [0, 0.05) is 35.9 Å². The van der Waals surface area contributed by atoms with Gasteiger partial charge in [0.1, 0.15) is 0 Å². The fraction of sp³-hybridized carbons (Fsp3) is 0.375. The highest BCUT2D eigenvalue weighted by Gasteiger charge is 2.19. The summed E-state index contributed by atoms with van der Waals surface area (Å²) in [6, 6.07) is 16.9. The number of para-hydroxylation sites is 1. The van der Waals surface area contributed by atoms with Crippen molar-refractivity contribution in [3.05, 3.63) is 66.1 Å². The van der Waals surface area contributed by atoms with Crippen LogP contribution in [0.5, 0.6) is 0 Å². The second-order valence-electron chi connectivity index (χ2n) is 8.09. The molecule has 2 aromatic carbocycles. The minimum absolute atomic E-state index is 0.0779. The fourth-order valence-corrected chi connectivity index (χ4v) is 4.36. The molecule has 8 heteroatoms. The van der Waals surface area contributed by atoms with E-state index in [4.69, 9.17) is 4.74 Å². The third-order valence-corrected chi connectivity index (χ3v) is 6.14. The highest BCUT2D eigenvalue weighted by molar-refractivity contribution is 5.83. The monoisotopic (exact) mass is 431 g/mol. The summed E-state index contributed by atoms with van der Waals surface area (Å²) in [6.07, 6.45) is 3.95. The van der Waals surface area contributed by atoms with Crippen LogP contribution in [0.15, 0.2) is 54.7 Å². The molecule has 2 aromatic heterocycles. The van der Waals surface area contributed by atoms with Crippen molar-refractivity contribution in [3.63, 3.8) is 0 Å². The van der Waals surface area contributed by atoms with Crippen LogP contribution in [-0.2, 0) is 11.2 Å². The lowest BCUT2D eigenvalue weighted by Crippen LogP contribution is -2.36. The Morgan fingerprint density at radius 1 is 1.06 bits per heavy atom. The number of hydrogen-bond donors (Lipinski definition) is 2. The number of fused-ring (bicyclic) bond motifs is 1. The Morgan fingerprint density at radius 2 is 1.84 bits per heavy atom. The first-order chi connectivity index (χ1) is 15.8. The van der Waals surface area contributed by atoms with E-state index in [0.717, 1.165) is 57.2 Å². The van der Waals surface area contributed by atoms with Gasteiger partial charge in [-0.2, -0.15) is 4.68 Å². The summed E-state index contributed by atoms with van der Waals surface area (Å²) in [5.74, 6) is 0.838. The van der Waals surface area contributed by atoms with Gasteiger partial charge < -0.3 is 19.9 Å².